The molecule has 0 fully saturated rings. The van der Waals surface area contributed by atoms with E-state index >= 15 is 0 Å². The van der Waals surface area contributed by atoms with Crippen LogP contribution in [0.1, 0.15) is 49.7 Å². The number of methoxy groups -OCH3 is 1. The monoisotopic (exact) mass is 550 g/mol. The molecule has 0 aliphatic heterocycles. The van der Waals surface area contributed by atoms with Crippen LogP contribution in [-0.2, 0) is 10.3 Å². The minimum Gasteiger partial charge on any atom is -0.496 e. The van der Waals surface area contributed by atoms with Crippen molar-refractivity contribution in [3.63, 3.8) is 0 Å². The van der Waals surface area contributed by atoms with Crippen molar-refractivity contribution >= 4 is 29.0 Å². The van der Waals surface area contributed by atoms with Gasteiger partial charge in [-0.15, -0.1) is 0 Å². The van der Waals surface area contributed by atoms with Crippen LogP contribution in [0, 0.1) is 0 Å². The van der Waals surface area contributed by atoms with Gasteiger partial charge in [-0.1, -0.05) is 11.6 Å². The zero-order valence-corrected chi connectivity index (χ0v) is 21.0. The van der Waals surface area contributed by atoms with Gasteiger partial charge < -0.3 is 14.6 Å². The Labute approximate surface area is 206 Å². The number of nitrogens with zero attached hydrogens (tertiary/aromatic N) is 2. The predicted octanol–water partition coefficient (Wildman–Crippen LogP) is 5.89. The molecule has 1 aromatic carbocycles. The molecule has 1 aromatic heterocycles. The van der Waals surface area contributed by atoms with Crippen molar-refractivity contribution < 1.29 is 45.7 Å². The molecule has 1 N–H and O–H groups in total. The van der Waals surface area contributed by atoms with E-state index in [9.17, 15) is 31.1 Å². The molecule has 2 aromatic rings. The highest BCUT2D eigenvalue weighted by Gasteiger charge is 2.30. The van der Waals surface area contributed by atoms with E-state index in [4.69, 9.17) is 26.2 Å². The second-order valence-corrected chi connectivity index (χ2v) is 9.48. The molecule has 0 aliphatic rings. The predicted molar refractivity (Wildman–Crippen MR) is 119 cm³/mol. The summed E-state index contributed by atoms with van der Waals surface area (Å²) in [6.45, 7) is 4.16. The largest absolute Gasteiger partial charge is 0.496 e. The van der Waals surface area contributed by atoms with Crippen LogP contribution in [0.2, 0.25) is 5.02 Å². The molecule has 198 valence electrons. The molecule has 0 bridgehead atoms. The molecular formula is C21H25ClF6N2O4S. The van der Waals surface area contributed by atoms with E-state index in [1.54, 1.807) is 18.3 Å². The first kappa shape index (κ1) is 30.9. The zero-order chi connectivity index (χ0) is 27.2. The van der Waals surface area contributed by atoms with Crippen molar-refractivity contribution in [3.05, 3.63) is 45.2 Å². The van der Waals surface area contributed by atoms with Gasteiger partial charge >= 0.3 is 12.4 Å². The van der Waals surface area contributed by atoms with E-state index in [1.807, 2.05) is 24.7 Å². The summed E-state index contributed by atoms with van der Waals surface area (Å²) in [5.74, 6) is -0.317. The number of ether oxygens (including phenoxy) is 2. The first-order chi connectivity index (χ1) is 15.9. The van der Waals surface area contributed by atoms with Crippen LogP contribution in [-0.4, -0.2) is 47.6 Å². The summed E-state index contributed by atoms with van der Waals surface area (Å²) in [7, 11) is 1.41. The van der Waals surface area contributed by atoms with Crippen LogP contribution in [0.5, 0.6) is 5.75 Å². The number of hydrogen-bond acceptors (Lipinski definition) is 5. The van der Waals surface area contributed by atoms with Crippen LogP contribution >= 0.6 is 23.1 Å². The molecule has 0 aliphatic carbocycles. The Morgan fingerprint density at radius 2 is 1.74 bits per heavy atom. The summed E-state index contributed by atoms with van der Waals surface area (Å²) in [5, 5.41) is 7.61. The van der Waals surface area contributed by atoms with Crippen molar-refractivity contribution in [2.45, 2.75) is 51.7 Å². The van der Waals surface area contributed by atoms with Crippen LogP contribution in [0.15, 0.2) is 29.4 Å². The van der Waals surface area contributed by atoms with Crippen molar-refractivity contribution in [3.8, 4) is 5.75 Å². The Bertz CT molecular complexity index is 1060. The lowest BCUT2D eigenvalue weighted by molar-refractivity contribution is -0.184. The Morgan fingerprint density at radius 1 is 1.17 bits per heavy atom. The molecule has 1 amide bonds. The zero-order valence-electron chi connectivity index (χ0n) is 19.4. The molecule has 0 radical (unpaired) electrons. The number of aliphatic hydroxyl groups excluding tert-OH is 1. The fraction of sp³-hybridized carbons (Fsp3) is 0.524. The first-order valence-electron chi connectivity index (χ1n) is 9.90. The number of benzene rings is 1. The second kappa shape index (κ2) is 12.2. The number of aromatic nitrogens is 1. The number of alkyl halides is 6. The highest BCUT2D eigenvalue weighted by atomic mass is 35.5. The molecule has 1 unspecified atom stereocenters. The number of hydrogen-bond donors (Lipinski definition) is 1. The van der Waals surface area contributed by atoms with Gasteiger partial charge in [-0.3, -0.25) is 8.75 Å². The summed E-state index contributed by atoms with van der Waals surface area (Å²) < 4.78 is 81.5. The lowest BCUT2D eigenvalue weighted by atomic mass is 10.1. The summed E-state index contributed by atoms with van der Waals surface area (Å²) in [4.78, 5) is 16.9. The van der Waals surface area contributed by atoms with Crippen molar-refractivity contribution in [2.24, 2.45) is 4.99 Å². The third-order valence-corrected chi connectivity index (χ3v) is 5.64. The van der Waals surface area contributed by atoms with E-state index in [1.165, 1.54) is 20.1 Å². The standard InChI is InChI=1S/C19H22ClF3N2O3S.C2H3F3O/c1-11(28-10-19(21,22)23)14-9-25(18(2,3)4)29-17(14)24-16(26)13-8-12(20)6-7-15(13)27-5;3-2(4,5)1-6/h6-9,11H,10H2,1-5H3;6H,1H2. The fourth-order valence-corrected chi connectivity index (χ4v) is 3.60. The van der Waals surface area contributed by atoms with Gasteiger partial charge in [0, 0.05) is 22.3 Å². The highest BCUT2D eigenvalue weighted by Crippen LogP contribution is 2.26. The second-order valence-electron chi connectivity index (χ2n) is 8.08. The van der Waals surface area contributed by atoms with Gasteiger partial charge in [0.25, 0.3) is 5.91 Å². The number of halogens is 7. The average Bonchev–Trinajstić information content (AvgIpc) is 3.15. The number of carbonyl (C=O) groups excluding carboxylic acids is 1. The molecule has 1 atom stereocenters. The van der Waals surface area contributed by atoms with Gasteiger partial charge in [0.15, 0.2) is 0 Å². The Hall–Kier alpha value is -2.09. The average molecular weight is 551 g/mol. The Balaban J connectivity index is 0.000000905. The Morgan fingerprint density at radius 3 is 2.20 bits per heavy atom. The maximum absolute atomic E-state index is 12.8. The number of rotatable bonds is 5. The van der Waals surface area contributed by atoms with Crippen LogP contribution in [0.4, 0.5) is 26.3 Å². The number of aliphatic hydroxyl groups is 1. The topological polar surface area (TPSA) is 73.0 Å². The first-order valence-corrected chi connectivity index (χ1v) is 11.0. The summed E-state index contributed by atoms with van der Waals surface area (Å²) in [6, 6.07) is 4.56. The van der Waals surface area contributed by atoms with Gasteiger partial charge in [0.1, 0.15) is 23.6 Å². The van der Waals surface area contributed by atoms with Crippen molar-refractivity contribution in [2.75, 3.05) is 20.3 Å². The minimum atomic E-state index is -4.45. The van der Waals surface area contributed by atoms with Crippen LogP contribution < -0.4 is 9.41 Å². The lowest BCUT2D eigenvalue weighted by Gasteiger charge is -2.19. The fourth-order valence-electron chi connectivity index (χ4n) is 2.36. The molecule has 0 saturated carbocycles. The third kappa shape index (κ3) is 10.6. The molecule has 1 heterocycles. The maximum Gasteiger partial charge on any atom is 0.411 e. The molecule has 14 heteroatoms. The van der Waals surface area contributed by atoms with Crippen LogP contribution in [0.25, 0.3) is 0 Å². The van der Waals surface area contributed by atoms with Crippen molar-refractivity contribution in [1.82, 2.24) is 3.96 Å². The number of carbonyl (C=O) groups is 1. The van der Waals surface area contributed by atoms with Crippen molar-refractivity contribution in [1.29, 1.82) is 0 Å². The third-order valence-electron chi connectivity index (χ3n) is 4.06. The normalized spacial score (nSPS) is 13.8. The van der Waals surface area contributed by atoms with E-state index < -0.39 is 37.6 Å². The van der Waals surface area contributed by atoms with E-state index in [-0.39, 0.29) is 15.8 Å². The van der Waals surface area contributed by atoms with E-state index in [0.717, 1.165) is 11.5 Å². The molecule has 6 nitrogen and oxygen atoms in total. The quantitative estimate of drug-likeness (QED) is 0.471. The molecule has 0 saturated heterocycles. The van der Waals surface area contributed by atoms with Gasteiger partial charge in [0.2, 0.25) is 0 Å². The summed E-state index contributed by atoms with van der Waals surface area (Å²) in [5.41, 5.74) is 0.197. The van der Waals surface area contributed by atoms with Gasteiger partial charge in [0.05, 0.1) is 18.8 Å². The Kier molecular flexibility index (Phi) is 10.8. The van der Waals surface area contributed by atoms with Gasteiger partial charge in [-0.2, -0.15) is 31.3 Å². The summed E-state index contributed by atoms with van der Waals surface area (Å²) >= 11 is 7.14. The molecular weight excluding hydrogens is 526 g/mol. The maximum atomic E-state index is 12.8. The lowest BCUT2D eigenvalue weighted by Crippen LogP contribution is -2.20. The van der Waals surface area contributed by atoms with Gasteiger partial charge in [-0.05, 0) is 57.4 Å². The summed E-state index contributed by atoms with van der Waals surface area (Å²) in [6.07, 6.45) is -8.11. The van der Waals surface area contributed by atoms with E-state index in [0.29, 0.717) is 16.3 Å². The SMILES string of the molecule is COc1ccc(Cl)cc1C(=O)N=c1sn(C(C)(C)C)cc1C(C)OCC(F)(F)F.OCC(F)(F)F. The number of amides is 1. The van der Waals surface area contributed by atoms with Gasteiger partial charge in [-0.25, -0.2) is 0 Å². The molecule has 2 rings (SSSR count). The molecule has 35 heavy (non-hydrogen) atoms. The smallest absolute Gasteiger partial charge is 0.411 e. The van der Waals surface area contributed by atoms with Crippen LogP contribution in [0.3, 0.4) is 0 Å². The molecule has 0 spiro atoms. The minimum absolute atomic E-state index is 0.158. The van der Waals surface area contributed by atoms with E-state index in [2.05, 4.69) is 4.99 Å². The highest BCUT2D eigenvalue weighted by molar-refractivity contribution is 7.04.